The number of carboxylic acid groups (broad SMARTS) is 1. The van der Waals surface area contributed by atoms with Crippen molar-refractivity contribution in [2.24, 2.45) is 5.73 Å². The Balaban J connectivity index is 3.09. The second-order valence-electron chi connectivity index (χ2n) is 4.05. The molecule has 6 heteroatoms. The quantitative estimate of drug-likeness (QED) is 0.706. The number of primary amides is 1. The van der Waals surface area contributed by atoms with Gasteiger partial charge in [0.05, 0.1) is 5.56 Å². The van der Waals surface area contributed by atoms with Crippen LogP contribution in [-0.4, -0.2) is 22.9 Å². The first-order chi connectivity index (χ1) is 8.97. The molecule has 0 aliphatic carbocycles. The van der Waals surface area contributed by atoms with Crippen molar-refractivity contribution < 1.29 is 19.5 Å². The smallest absolute Gasteiger partial charge is 0.336 e. The van der Waals surface area contributed by atoms with Crippen LogP contribution in [0.5, 0.6) is 0 Å². The van der Waals surface area contributed by atoms with Gasteiger partial charge in [-0.15, -0.1) is 0 Å². The Kier molecular flexibility index (Phi) is 5.05. The van der Waals surface area contributed by atoms with E-state index in [-0.39, 0.29) is 23.5 Å². The van der Waals surface area contributed by atoms with E-state index in [4.69, 9.17) is 10.8 Å². The Morgan fingerprint density at radius 1 is 1.32 bits per heavy atom. The Labute approximate surface area is 110 Å². The van der Waals surface area contributed by atoms with Gasteiger partial charge < -0.3 is 16.2 Å². The van der Waals surface area contributed by atoms with E-state index in [2.05, 4.69) is 5.32 Å². The van der Waals surface area contributed by atoms with Gasteiger partial charge in [-0.05, 0) is 18.1 Å². The maximum Gasteiger partial charge on any atom is 0.336 e. The number of nitrogens with one attached hydrogen (secondary N) is 1. The van der Waals surface area contributed by atoms with Crippen molar-refractivity contribution in [3.8, 4) is 0 Å². The van der Waals surface area contributed by atoms with E-state index in [0.29, 0.717) is 6.42 Å². The molecule has 0 bridgehead atoms. The predicted octanol–water partition coefficient (Wildman–Crippen LogP) is 0.828. The maximum absolute atomic E-state index is 11.5. The summed E-state index contributed by atoms with van der Waals surface area (Å²) in [5, 5.41) is 11.5. The molecule has 1 atom stereocenters. The highest BCUT2D eigenvalue weighted by Gasteiger charge is 2.24. The fraction of sp³-hybridized carbons (Fsp3) is 0.308. The summed E-state index contributed by atoms with van der Waals surface area (Å²) in [6.07, 6.45) is 0.872. The molecule has 1 unspecified atom stereocenters. The molecule has 6 nitrogen and oxygen atoms in total. The van der Waals surface area contributed by atoms with E-state index >= 15 is 0 Å². The van der Waals surface area contributed by atoms with Crippen LogP contribution >= 0.6 is 0 Å². The summed E-state index contributed by atoms with van der Waals surface area (Å²) < 4.78 is 0. The number of carboxylic acids is 1. The minimum absolute atomic E-state index is 0.0527. The van der Waals surface area contributed by atoms with Crippen molar-refractivity contribution >= 4 is 17.8 Å². The van der Waals surface area contributed by atoms with Crippen LogP contribution in [0.4, 0.5) is 0 Å². The Morgan fingerprint density at radius 3 is 2.47 bits per heavy atom. The molecular weight excluding hydrogens is 248 g/mol. The van der Waals surface area contributed by atoms with Crippen LogP contribution in [0.2, 0.25) is 0 Å². The minimum atomic E-state index is -1.17. The standard InChI is InChI=1S/C13H16N2O4/c1-2-5-10(16)15-11(12(14)17)8-6-3-4-7-9(8)13(18)19/h3-4,6-7,11H,2,5H2,1H3,(H2,14,17)(H,15,16)(H,18,19). The van der Waals surface area contributed by atoms with Gasteiger partial charge in [0.2, 0.25) is 11.8 Å². The summed E-state index contributed by atoms with van der Waals surface area (Å²) in [6.45, 7) is 1.82. The normalized spacial score (nSPS) is 11.6. The highest BCUT2D eigenvalue weighted by molar-refractivity contribution is 5.94. The summed E-state index contributed by atoms with van der Waals surface area (Å²) in [5.41, 5.74) is 5.37. The molecule has 0 saturated carbocycles. The molecule has 0 saturated heterocycles. The summed E-state index contributed by atoms with van der Waals surface area (Å²) >= 11 is 0. The molecule has 1 aromatic carbocycles. The van der Waals surface area contributed by atoms with Crippen LogP contribution in [-0.2, 0) is 9.59 Å². The van der Waals surface area contributed by atoms with Crippen molar-refractivity contribution in [3.63, 3.8) is 0 Å². The number of hydrogen-bond acceptors (Lipinski definition) is 3. The fourth-order valence-corrected chi connectivity index (χ4v) is 1.71. The summed E-state index contributed by atoms with van der Waals surface area (Å²) in [6, 6.07) is 4.82. The minimum Gasteiger partial charge on any atom is -0.478 e. The molecule has 102 valence electrons. The largest absolute Gasteiger partial charge is 0.478 e. The third-order valence-electron chi connectivity index (χ3n) is 2.57. The lowest BCUT2D eigenvalue weighted by molar-refractivity contribution is -0.127. The number of aromatic carboxylic acids is 1. The summed E-state index contributed by atoms with van der Waals surface area (Å²) in [5.74, 6) is -2.31. The van der Waals surface area contributed by atoms with Crippen molar-refractivity contribution in [3.05, 3.63) is 35.4 Å². The monoisotopic (exact) mass is 264 g/mol. The van der Waals surface area contributed by atoms with Crippen LogP contribution in [0.3, 0.4) is 0 Å². The maximum atomic E-state index is 11.5. The molecule has 0 heterocycles. The molecule has 0 radical (unpaired) electrons. The first kappa shape index (κ1) is 14.7. The Bertz CT molecular complexity index is 499. The topological polar surface area (TPSA) is 109 Å². The number of hydrogen-bond donors (Lipinski definition) is 3. The Morgan fingerprint density at radius 2 is 1.95 bits per heavy atom. The molecule has 0 aliphatic heterocycles. The molecule has 0 fully saturated rings. The third-order valence-corrected chi connectivity index (χ3v) is 2.57. The number of carbonyl (C=O) groups is 3. The van der Waals surface area contributed by atoms with E-state index in [0.717, 1.165) is 0 Å². The lowest BCUT2D eigenvalue weighted by Crippen LogP contribution is -2.38. The van der Waals surface area contributed by atoms with Gasteiger partial charge in [0, 0.05) is 6.42 Å². The molecular formula is C13H16N2O4. The van der Waals surface area contributed by atoms with Crippen LogP contribution < -0.4 is 11.1 Å². The molecule has 0 aliphatic rings. The first-order valence-electron chi connectivity index (χ1n) is 5.88. The number of amides is 2. The highest BCUT2D eigenvalue weighted by atomic mass is 16.4. The lowest BCUT2D eigenvalue weighted by atomic mass is 9.99. The second-order valence-corrected chi connectivity index (χ2v) is 4.05. The zero-order valence-electron chi connectivity index (χ0n) is 10.6. The Hall–Kier alpha value is -2.37. The van der Waals surface area contributed by atoms with Crippen molar-refractivity contribution in [1.29, 1.82) is 0 Å². The van der Waals surface area contributed by atoms with Crippen LogP contribution in [0.25, 0.3) is 0 Å². The van der Waals surface area contributed by atoms with Crippen molar-refractivity contribution in [1.82, 2.24) is 5.32 Å². The SMILES string of the molecule is CCCC(=O)NC(C(N)=O)c1ccccc1C(=O)O. The number of nitrogens with two attached hydrogens (primary N) is 1. The summed E-state index contributed by atoms with van der Waals surface area (Å²) in [4.78, 5) is 34.1. The second kappa shape index (κ2) is 6.53. The molecule has 1 rings (SSSR count). The zero-order valence-corrected chi connectivity index (χ0v) is 10.6. The first-order valence-corrected chi connectivity index (χ1v) is 5.88. The van der Waals surface area contributed by atoms with Crippen LogP contribution in [0.15, 0.2) is 24.3 Å². The van der Waals surface area contributed by atoms with Gasteiger partial charge in [-0.3, -0.25) is 9.59 Å². The van der Waals surface area contributed by atoms with Crippen molar-refractivity contribution in [2.45, 2.75) is 25.8 Å². The fourth-order valence-electron chi connectivity index (χ4n) is 1.71. The van der Waals surface area contributed by atoms with Crippen molar-refractivity contribution in [2.75, 3.05) is 0 Å². The van der Waals surface area contributed by atoms with Gasteiger partial charge in [0.15, 0.2) is 0 Å². The lowest BCUT2D eigenvalue weighted by Gasteiger charge is -2.17. The molecule has 0 spiro atoms. The predicted molar refractivity (Wildman–Crippen MR) is 68.4 cm³/mol. The third kappa shape index (κ3) is 3.80. The zero-order chi connectivity index (χ0) is 14.4. The van der Waals surface area contributed by atoms with E-state index in [1.54, 1.807) is 12.1 Å². The molecule has 19 heavy (non-hydrogen) atoms. The summed E-state index contributed by atoms with van der Waals surface area (Å²) in [7, 11) is 0. The number of benzene rings is 1. The van der Waals surface area contributed by atoms with Gasteiger partial charge in [-0.2, -0.15) is 0 Å². The molecule has 0 aromatic heterocycles. The van der Waals surface area contributed by atoms with E-state index in [9.17, 15) is 14.4 Å². The van der Waals surface area contributed by atoms with Gasteiger partial charge in [-0.1, -0.05) is 25.1 Å². The average Bonchev–Trinajstić information content (AvgIpc) is 2.36. The van der Waals surface area contributed by atoms with Crippen LogP contribution in [0, 0.1) is 0 Å². The van der Waals surface area contributed by atoms with Crippen LogP contribution in [0.1, 0.15) is 41.7 Å². The van der Waals surface area contributed by atoms with Gasteiger partial charge >= 0.3 is 5.97 Å². The number of carbonyl (C=O) groups excluding carboxylic acids is 2. The molecule has 2 amide bonds. The van der Waals surface area contributed by atoms with E-state index < -0.39 is 17.9 Å². The molecule has 4 N–H and O–H groups in total. The van der Waals surface area contributed by atoms with E-state index in [1.807, 2.05) is 6.92 Å². The highest BCUT2D eigenvalue weighted by Crippen LogP contribution is 2.18. The molecule has 1 aromatic rings. The number of rotatable bonds is 6. The van der Waals surface area contributed by atoms with E-state index in [1.165, 1.54) is 12.1 Å². The van der Waals surface area contributed by atoms with Gasteiger partial charge in [0.25, 0.3) is 0 Å². The van der Waals surface area contributed by atoms with Gasteiger partial charge in [0.1, 0.15) is 6.04 Å². The average molecular weight is 264 g/mol. The van der Waals surface area contributed by atoms with Gasteiger partial charge in [-0.25, -0.2) is 4.79 Å².